The average Bonchev–Trinajstić information content (AvgIpc) is 2.56. The monoisotopic (exact) mass is 311 g/mol. The van der Waals surface area contributed by atoms with Crippen molar-refractivity contribution in [2.75, 3.05) is 18.2 Å². The molecular weight excluding hydrogens is 292 g/mol. The van der Waals surface area contributed by atoms with E-state index >= 15 is 0 Å². The number of hydrogen-bond donors (Lipinski definition) is 0. The predicted octanol–water partition coefficient (Wildman–Crippen LogP) is 1.98. The third-order valence-corrected chi connectivity index (χ3v) is 3.21. The molecule has 5 nitrogen and oxygen atoms in total. The number of benzene rings is 2. The van der Waals surface area contributed by atoms with Gasteiger partial charge in [-0.15, -0.1) is 0 Å². The molecule has 2 rings (SSSR count). The van der Waals surface area contributed by atoms with Gasteiger partial charge in [-0.1, -0.05) is 17.7 Å². The molecule has 0 aliphatic heterocycles. The maximum Gasteiger partial charge on any atom is 0.128 e. The molecule has 0 fully saturated rings. The lowest BCUT2D eigenvalue weighted by molar-refractivity contribution is -0.307. The highest BCUT2D eigenvalue weighted by Gasteiger charge is 2.01. The van der Waals surface area contributed by atoms with Crippen molar-refractivity contribution in [1.82, 2.24) is 0 Å². The van der Waals surface area contributed by atoms with E-state index in [0.29, 0.717) is 5.75 Å². The summed E-state index contributed by atoms with van der Waals surface area (Å²) in [7, 11) is 0. The molecule has 0 radical (unpaired) electrons. The Hall–Kier alpha value is -2.82. The number of ether oxygens (including phenoxy) is 1. The van der Waals surface area contributed by atoms with E-state index < -0.39 is 12.6 Å². The third kappa shape index (κ3) is 5.14. The zero-order valence-electron chi connectivity index (χ0n) is 13.2. The van der Waals surface area contributed by atoms with Gasteiger partial charge in [-0.3, -0.25) is 5.01 Å². The summed E-state index contributed by atoms with van der Waals surface area (Å²) in [5, 5.41) is 16.7. The summed E-state index contributed by atoms with van der Waals surface area (Å²) in [6.07, 6.45) is 1.76. The Bertz CT molecular complexity index is 664. The van der Waals surface area contributed by atoms with Gasteiger partial charge in [-0.25, -0.2) is 0 Å². The molecule has 0 aliphatic rings. The molecular formula is C18H19N2O3-. The number of carbonyl (C=O) groups excluding carboxylic acids is 1. The molecule has 0 heterocycles. The van der Waals surface area contributed by atoms with Crippen LogP contribution in [0.4, 0.5) is 5.69 Å². The lowest BCUT2D eigenvalue weighted by atomic mass is 10.2. The summed E-state index contributed by atoms with van der Waals surface area (Å²) in [5.74, 6) is -0.760. The second-order valence-electron chi connectivity index (χ2n) is 5.03. The molecule has 0 amide bonds. The quantitative estimate of drug-likeness (QED) is 0.579. The number of carboxylic acid groups (broad SMARTS) is 1. The summed E-state index contributed by atoms with van der Waals surface area (Å²) in [5.41, 5.74) is 3.14. The minimum absolute atomic E-state index is 0.454. The Labute approximate surface area is 135 Å². The fourth-order valence-electron chi connectivity index (χ4n) is 1.98. The molecule has 2 aromatic carbocycles. The van der Waals surface area contributed by atoms with E-state index in [1.165, 1.54) is 5.56 Å². The standard InChI is InChI=1S/C18H20N2O3/c1-3-20(16-8-4-14(2)5-9-16)19-12-15-6-10-17(11-7-15)23-13-18(21)22/h4-12H,3,13H2,1-2H3,(H,21,22)/p-1/b19-12-. The highest BCUT2D eigenvalue weighted by Crippen LogP contribution is 2.16. The van der Waals surface area contributed by atoms with Crippen molar-refractivity contribution >= 4 is 17.9 Å². The maximum absolute atomic E-state index is 10.3. The zero-order chi connectivity index (χ0) is 16.7. The van der Waals surface area contributed by atoms with Gasteiger partial charge in [0.25, 0.3) is 0 Å². The predicted molar refractivity (Wildman–Crippen MR) is 88.7 cm³/mol. The average molecular weight is 311 g/mol. The maximum atomic E-state index is 10.3. The fraction of sp³-hybridized carbons (Fsp3) is 0.222. The number of carboxylic acids is 1. The Morgan fingerprint density at radius 1 is 1.17 bits per heavy atom. The summed E-state index contributed by atoms with van der Waals surface area (Å²) < 4.78 is 5.03. The topological polar surface area (TPSA) is 65.0 Å². The van der Waals surface area contributed by atoms with Crippen molar-refractivity contribution in [2.45, 2.75) is 13.8 Å². The van der Waals surface area contributed by atoms with Crippen LogP contribution in [-0.4, -0.2) is 25.3 Å². The van der Waals surface area contributed by atoms with E-state index in [4.69, 9.17) is 4.74 Å². The highest BCUT2D eigenvalue weighted by atomic mass is 16.5. The number of hydrogen-bond acceptors (Lipinski definition) is 5. The van der Waals surface area contributed by atoms with Crippen LogP contribution in [0.3, 0.4) is 0 Å². The van der Waals surface area contributed by atoms with Crippen molar-refractivity contribution in [3.05, 3.63) is 59.7 Å². The van der Waals surface area contributed by atoms with Crippen molar-refractivity contribution in [3.8, 4) is 5.75 Å². The lowest BCUT2D eigenvalue weighted by Crippen LogP contribution is -2.28. The Kier molecular flexibility index (Phi) is 5.74. The first-order valence-corrected chi connectivity index (χ1v) is 7.39. The minimum Gasteiger partial charge on any atom is -0.546 e. The van der Waals surface area contributed by atoms with Gasteiger partial charge in [-0.05, 0) is 55.8 Å². The van der Waals surface area contributed by atoms with Crippen LogP contribution in [0.15, 0.2) is 53.6 Å². The van der Waals surface area contributed by atoms with E-state index in [2.05, 4.69) is 17.2 Å². The second kappa shape index (κ2) is 7.98. The van der Waals surface area contributed by atoms with Crippen LogP contribution < -0.4 is 14.9 Å². The molecule has 0 saturated heterocycles. The molecule has 0 spiro atoms. The molecule has 0 aliphatic carbocycles. The number of hydrazone groups is 1. The van der Waals surface area contributed by atoms with Gasteiger partial charge < -0.3 is 14.6 Å². The van der Waals surface area contributed by atoms with E-state index in [1.54, 1.807) is 18.3 Å². The molecule has 0 atom stereocenters. The summed E-state index contributed by atoms with van der Waals surface area (Å²) >= 11 is 0. The number of aliphatic carboxylic acids is 1. The van der Waals surface area contributed by atoms with Gasteiger partial charge in [0.1, 0.15) is 12.4 Å². The molecule has 0 bridgehead atoms. The Morgan fingerprint density at radius 2 is 1.83 bits per heavy atom. The molecule has 0 unspecified atom stereocenters. The number of anilines is 1. The third-order valence-electron chi connectivity index (χ3n) is 3.21. The molecule has 0 saturated carbocycles. The summed E-state index contributed by atoms with van der Waals surface area (Å²) in [4.78, 5) is 10.3. The SMILES string of the molecule is CCN(/N=C\c1ccc(OCC(=O)[O-])cc1)c1ccc(C)cc1. The highest BCUT2D eigenvalue weighted by molar-refractivity contribution is 5.80. The number of rotatable bonds is 7. The smallest absolute Gasteiger partial charge is 0.128 e. The molecule has 5 heteroatoms. The van der Waals surface area contributed by atoms with Gasteiger partial charge in [0.05, 0.1) is 17.9 Å². The van der Waals surface area contributed by atoms with Crippen LogP contribution in [-0.2, 0) is 4.79 Å². The Balaban J connectivity index is 2.02. The largest absolute Gasteiger partial charge is 0.546 e. The van der Waals surface area contributed by atoms with Crippen molar-refractivity contribution in [1.29, 1.82) is 0 Å². The minimum atomic E-state index is -1.24. The Morgan fingerprint density at radius 3 is 2.39 bits per heavy atom. The van der Waals surface area contributed by atoms with Crippen LogP contribution >= 0.6 is 0 Å². The van der Waals surface area contributed by atoms with Crippen LogP contribution in [0.1, 0.15) is 18.1 Å². The van der Waals surface area contributed by atoms with Crippen molar-refractivity contribution in [2.24, 2.45) is 5.10 Å². The molecule has 0 N–H and O–H groups in total. The number of aryl methyl sites for hydroxylation is 1. The van der Waals surface area contributed by atoms with E-state index in [0.717, 1.165) is 17.8 Å². The first-order valence-electron chi connectivity index (χ1n) is 7.39. The number of carbonyl (C=O) groups is 1. The zero-order valence-corrected chi connectivity index (χ0v) is 13.2. The van der Waals surface area contributed by atoms with Crippen LogP contribution in [0.2, 0.25) is 0 Å². The van der Waals surface area contributed by atoms with Crippen molar-refractivity contribution in [3.63, 3.8) is 0 Å². The van der Waals surface area contributed by atoms with Gasteiger partial charge in [0, 0.05) is 6.54 Å². The molecule has 120 valence electrons. The normalized spacial score (nSPS) is 10.7. The van der Waals surface area contributed by atoms with E-state index in [-0.39, 0.29) is 0 Å². The number of nitrogens with zero attached hydrogens (tertiary/aromatic N) is 2. The molecule has 23 heavy (non-hydrogen) atoms. The van der Waals surface area contributed by atoms with Crippen molar-refractivity contribution < 1.29 is 14.6 Å². The first kappa shape index (κ1) is 16.5. The van der Waals surface area contributed by atoms with E-state index in [9.17, 15) is 9.90 Å². The van der Waals surface area contributed by atoms with Gasteiger partial charge in [-0.2, -0.15) is 5.10 Å². The lowest BCUT2D eigenvalue weighted by Gasteiger charge is -2.17. The summed E-state index contributed by atoms with van der Waals surface area (Å²) in [6.45, 7) is 4.39. The fourth-order valence-corrected chi connectivity index (χ4v) is 1.98. The van der Waals surface area contributed by atoms with Gasteiger partial charge >= 0.3 is 0 Å². The van der Waals surface area contributed by atoms with E-state index in [1.807, 2.05) is 43.1 Å². The first-order chi connectivity index (χ1) is 11.1. The van der Waals surface area contributed by atoms with Crippen LogP contribution in [0.25, 0.3) is 0 Å². The second-order valence-corrected chi connectivity index (χ2v) is 5.03. The van der Waals surface area contributed by atoms with Crippen LogP contribution in [0, 0.1) is 6.92 Å². The molecule has 0 aromatic heterocycles. The van der Waals surface area contributed by atoms with Gasteiger partial charge in [0.15, 0.2) is 0 Å². The molecule has 2 aromatic rings. The van der Waals surface area contributed by atoms with Crippen LogP contribution in [0.5, 0.6) is 5.75 Å². The summed E-state index contributed by atoms with van der Waals surface area (Å²) in [6, 6.07) is 15.2. The van der Waals surface area contributed by atoms with Gasteiger partial charge in [0.2, 0.25) is 0 Å².